The second-order valence-electron chi connectivity index (χ2n) is 5.30. The molecule has 0 radical (unpaired) electrons. The van der Waals surface area contributed by atoms with E-state index in [1.165, 1.54) is 4.90 Å². The Bertz CT molecular complexity index is 553. The van der Waals surface area contributed by atoms with Crippen molar-refractivity contribution in [1.82, 2.24) is 10.2 Å². The van der Waals surface area contributed by atoms with E-state index >= 15 is 0 Å². The average Bonchev–Trinajstić information content (AvgIpc) is 2.97. The molecule has 1 N–H and O–H groups in total. The molecule has 6 nitrogen and oxygen atoms in total. The van der Waals surface area contributed by atoms with Gasteiger partial charge >= 0.3 is 6.03 Å². The molecule has 1 aromatic rings. The summed E-state index contributed by atoms with van der Waals surface area (Å²) in [5.74, 6) is 1.03. The minimum Gasteiger partial charge on any atom is -0.469 e. The van der Waals surface area contributed by atoms with Gasteiger partial charge in [0.15, 0.2) is 9.84 Å². The van der Waals surface area contributed by atoms with E-state index in [1.54, 1.807) is 19.4 Å². The zero-order valence-electron chi connectivity index (χ0n) is 11.7. The number of amides is 2. The maximum atomic E-state index is 12.1. The highest BCUT2D eigenvalue weighted by Gasteiger charge is 2.32. The van der Waals surface area contributed by atoms with Crippen LogP contribution in [-0.4, -0.2) is 50.0 Å². The number of carbonyl (C=O) groups excluding carboxylic acids is 1. The average molecular weight is 300 g/mol. The summed E-state index contributed by atoms with van der Waals surface area (Å²) in [7, 11) is -1.34. The van der Waals surface area contributed by atoms with Crippen molar-refractivity contribution in [3.8, 4) is 0 Å². The van der Waals surface area contributed by atoms with Gasteiger partial charge < -0.3 is 14.6 Å². The van der Waals surface area contributed by atoms with E-state index < -0.39 is 9.84 Å². The molecule has 7 heteroatoms. The lowest BCUT2D eigenvalue weighted by Gasteiger charge is -2.25. The van der Waals surface area contributed by atoms with Crippen LogP contribution in [0.3, 0.4) is 0 Å². The molecular formula is C13H20N2O4S. The molecule has 0 bridgehead atoms. The van der Waals surface area contributed by atoms with Gasteiger partial charge in [-0.25, -0.2) is 13.2 Å². The van der Waals surface area contributed by atoms with Crippen molar-refractivity contribution >= 4 is 15.9 Å². The third kappa shape index (κ3) is 3.75. The number of carbonyl (C=O) groups is 1. The zero-order valence-corrected chi connectivity index (χ0v) is 12.5. The Morgan fingerprint density at radius 1 is 1.60 bits per heavy atom. The number of urea groups is 1. The van der Waals surface area contributed by atoms with Crippen LogP contribution in [-0.2, 0) is 16.3 Å². The first-order valence-electron chi connectivity index (χ1n) is 6.63. The van der Waals surface area contributed by atoms with Crippen molar-refractivity contribution < 1.29 is 17.6 Å². The van der Waals surface area contributed by atoms with Crippen LogP contribution in [0.1, 0.15) is 19.1 Å². The fourth-order valence-electron chi connectivity index (χ4n) is 2.34. The van der Waals surface area contributed by atoms with Gasteiger partial charge in [-0.05, 0) is 25.5 Å². The number of hydrogen-bond donors (Lipinski definition) is 1. The number of nitrogens with one attached hydrogen (secondary N) is 1. The van der Waals surface area contributed by atoms with Crippen LogP contribution >= 0.6 is 0 Å². The summed E-state index contributed by atoms with van der Waals surface area (Å²) >= 11 is 0. The number of hydrogen-bond acceptors (Lipinski definition) is 4. The molecule has 20 heavy (non-hydrogen) atoms. The second-order valence-corrected chi connectivity index (χ2v) is 7.53. The highest BCUT2D eigenvalue weighted by atomic mass is 32.2. The number of nitrogens with zero attached hydrogens (tertiary/aromatic N) is 1. The van der Waals surface area contributed by atoms with Gasteiger partial charge in [0.05, 0.1) is 17.8 Å². The quantitative estimate of drug-likeness (QED) is 0.901. The van der Waals surface area contributed by atoms with E-state index in [9.17, 15) is 13.2 Å². The van der Waals surface area contributed by atoms with Gasteiger partial charge in [-0.3, -0.25) is 0 Å². The van der Waals surface area contributed by atoms with Gasteiger partial charge in [0.1, 0.15) is 5.76 Å². The van der Waals surface area contributed by atoms with Crippen molar-refractivity contribution in [3.63, 3.8) is 0 Å². The van der Waals surface area contributed by atoms with Gasteiger partial charge in [-0.2, -0.15) is 0 Å². The third-order valence-electron chi connectivity index (χ3n) is 3.53. The first-order valence-corrected chi connectivity index (χ1v) is 8.45. The topological polar surface area (TPSA) is 79.6 Å². The molecule has 1 aliphatic rings. The van der Waals surface area contributed by atoms with Crippen LogP contribution < -0.4 is 5.32 Å². The van der Waals surface area contributed by atoms with E-state index in [0.717, 1.165) is 5.76 Å². The minimum absolute atomic E-state index is 0.0590. The molecule has 0 aromatic carbocycles. The molecule has 2 amide bonds. The van der Waals surface area contributed by atoms with Crippen molar-refractivity contribution in [2.45, 2.75) is 31.8 Å². The van der Waals surface area contributed by atoms with Crippen LogP contribution in [0.15, 0.2) is 22.8 Å². The molecule has 2 rings (SSSR count). The minimum atomic E-state index is -2.98. The van der Waals surface area contributed by atoms with Crippen molar-refractivity contribution in [3.05, 3.63) is 24.2 Å². The van der Waals surface area contributed by atoms with Crippen LogP contribution in [0.25, 0.3) is 0 Å². The second kappa shape index (κ2) is 5.87. The lowest BCUT2D eigenvalue weighted by atomic mass is 10.2. The first-order chi connectivity index (χ1) is 9.37. The Balaban J connectivity index is 1.85. The summed E-state index contributed by atoms with van der Waals surface area (Å²) in [5.41, 5.74) is 0. The Morgan fingerprint density at radius 3 is 2.90 bits per heavy atom. The van der Waals surface area contributed by atoms with E-state index in [4.69, 9.17) is 4.42 Å². The zero-order chi connectivity index (χ0) is 14.8. The predicted molar refractivity (Wildman–Crippen MR) is 75.2 cm³/mol. The Hall–Kier alpha value is -1.50. The normalized spacial score (nSPS) is 22.4. The Labute approximate surface area is 119 Å². The maximum Gasteiger partial charge on any atom is 0.317 e. The van der Waals surface area contributed by atoms with Gasteiger partial charge in [-0.15, -0.1) is 0 Å². The van der Waals surface area contributed by atoms with Gasteiger partial charge in [-0.1, -0.05) is 0 Å². The lowest BCUT2D eigenvalue weighted by Crippen LogP contribution is -2.47. The summed E-state index contributed by atoms with van der Waals surface area (Å²) in [6.45, 7) is 1.89. The monoisotopic (exact) mass is 300 g/mol. The molecule has 1 fully saturated rings. The van der Waals surface area contributed by atoms with Gasteiger partial charge in [0, 0.05) is 25.6 Å². The smallest absolute Gasteiger partial charge is 0.317 e. The summed E-state index contributed by atoms with van der Waals surface area (Å²) < 4.78 is 28.1. The Kier molecular flexibility index (Phi) is 4.37. The molecule has 0 unspecified atom stereocenters. The van der Waals surface area contributed by atoms with Crippen LogP contribution in [0.5, 0.6) is 0 Å². The standard InChI is InChI=1S/C13H20N2O4S/c1-10(8-12-4-3-6-19-12)14-13(16)15(2)11-5-7-20(17,18)9-11/h3-4,6,10-11H,5,7-9H2,1-2H3,(H,14,16)/t10-,11+/m0/s1. The molecule has 0 saturated carbocycles. The predicted octanol–water partition coefficient (Wildman–Crippen LogP) is 1.04. The fourth-order valence-corrected chi connectivity index (χ4v) is 4.12. The summed E-state index contributed by atoms with van der Waals surface area (Å²) in [6.07, 6.45) is 2.72. The van der Waals surface area contributed by atoms with Crippen molar-refractivity contribution in [1.29, 1.82) is 0 Å². The van der Waals surface area contributed by atoms with E-state index in [0.29, 0.717) is 12.8 Å². The van der Waals surface area contributed by atoms with Gasteiger partial charge in [0.2, 0.25) is 0 Å². The van der Waals surface area contributed by atoms with Gasteiger partial charge in [0.25, 0.3) is 0 Å². The fraction of sp³-hybridized carbons (Fsp3) is 0.615. The number of rotatable bonds is 4. The van der Waals surface area contributed by atoms with Crippen LogP contribution in [0.2, 0.25) is 0 Å². The summed E-state index contributed by atoms with van der Waals surface area (Å²) in [5, 5.41) is 2.85. The molecule has 2 heterocycles. The molecule has 1 aromatic heterocycles. The summed E-state index contributed by atoms with van der Waals surface area (Å²) in [4.78, 5) is 13.6. The molecule has 2 atom stereocenters. The summed E-state index contributed by atoms with van der Waals surface area (Å²) in [6, 6.07) is 3.12. The van der Waals surface area contributed by atoms with Crippen molar-refractivity contribution in [2.75, 3.05) is 18.6 Å². The van der Waals surface area contributed by atoms with Crippen LogP contribution in [0.4, 0.5) is 4.79 Å². The molecular weight excluding hydrogens is 280 g/mol. The van der Waals surface area contributed by atoms with E-state index in [-0.39, 0.29) is 29.6 Å². The lowest BCUT2D eigenvalue weighted by molar-refractivity contribution is 0.191. The maximum absolute atomic E-state index is 12.1. The molecule has 0 aliphatic carbocycles. The molecule has 0 spiro atoms. The van der Waals surface area contributed by atoms with E-state index in [2.05, 4.69) is 5.32 Å². The molecule has 112 valence electrons. The molecule has 1 saturated heterocycles. The highest BCUT2D eigenvalue weighted by Crippen LogP contribution is 2.16. The highest BCUT2D eigenvalue weighted by molar-refractivity contribution is 7.91. The first kappa shape index (κ1) is 14.9. The molecule has 1 aliphatic heterocycles. The largest absolute Gasteiger partial charge is 0.469 e. The van der Waals surface area contributed by atoms with E-state index in [1.807, 2.05) is 13.0 Å². The SMILES string of the molecule is C[C@@H](Cc1ccco1)NC(=O)N(C)[C@@H]1CCS(=O)(=O)C1. The van der Waals surface area contributed by atoms with Crippen LogP contribution in [0, 0.1) is 0 Å². The number of sulfone groups is 1. The third-order valence-corrected chi connectivity index (χ3v) is 5.28. The number of furan rings is 1. The Morgan fingerprint density at radius 2 is 2.35 bits per heavy atom. The van der Waals surface area contributed by atoms with Crippen molar-refractivity contribution in [2.24, 2.45) is 0 Å².